The topological polar surface area (TPSA) is 67.9 Å². The molecule has 0 aliphatic carbocycles. The molecule has 3 rings (SSSR count). The number of halogens is 1. The van der Waals surface area contributed by atoms with Crippen molar-refractivity contribution in [2.45, 2.75) is 6.92 Å². The number of ether oxygens (including phenoxy) is 2. The van der Waals surface area contributed by atoms with Crippen LogP contribution in [0.1, 0.15) is 12.5 Å². The Labute approximate surface area is 176 Å². The highest BCUT2D eigenvalue weighted by Gasteiger charge is 2.35. The van der Waals surface area contributed by atoms with Gasteiger partial charge >= 0.3 is 0 Å². The number of carbonyl (C=O) groups is 2. The Kier molecular flexibility index (Phi) is 6.11. The lowest BCUT2D eigenvalue weighted by Crippen LogP contribution is -2.54. The summed E-state index contributed by atoms with van der Waals surface area (Å²) in [7, 11) is 1.50. The van der Waals surface area contributed by atoms with Crippen LogP contribution in [0.15, 0.2) is 52.5 Å². The molecule has 6 nitrogen and oxygen atoms in total. The molecular formula is C20H17BrN2O4S. The summed E-state index contributed by atoms with van der Waals surface area (Å²) >= 11 is 8.65. The average molecular weight is 461 g/mol. The number of methoxy groups -OCH3 is 1. The van der Waals surface area contributed by atoms with Gasteiger partial charge in [-0.25, -0.2) is 4.90 Å². The Hall–Kier alpha value is -2.71. The molecule has 2 aromatic carbocycles. The van der Waals surface area contributed by atoms with E-state index in [1.165, 1.54) is 18.1 Å². The molecule has 0 saturated carbocycles. The number of para-hydroxylation sites is 2. The first-order chi connectivity index (χ1) is 13.5. The van der Waals surface area contributed by atoms with Gasteiger partial charge in [-0.1, -0.05) is 18.2 Å². The first-order valence-corrected chi connectivity index (χ1v) is 9.63. The Bertz CT molecular complexity index is 990. The normalized spacial score (nSPS) is 15.6. The maximum absolute atomic E-state index is 13.1. The molecule has 28 heavy (non-hydrogen) atoms. The summed E-state index contributed by atoms with van der Waals surface area (Å²) in [4.78, 5) is 26.8. The van der Waals surface area contributed by atoms with Crippen LogP contribution in [-0.2, 0) is 9.59 Å². The van der Waals surface area contributed by atoms with Crippen molar-refractivity contribution in [3.8, 4) is 11.5 Å². The maximum Gasteiger partial charge on any atom is 0.270 e. The molecule has 1 fully saturated rings. The van der Waals surface area contributed by atoms with Crippen LogP contribution in [0.5, 0.6) is 11.5 Å². The van der Waals surface area contributed by atoms with Crippen molar-refractivity contribution in [2.75, 3.05) is 18.6 Å². The molecule has 1 N–H and O–H groups in total. The average Bonchev–Trinajstić information content (AvgIpc) is 2.67. The van der Waals surface area contributed by atoms with Crippen LogP contribution in [0.4, 0.5) is 5.69 Å². The number of benzene rings is 2. The van der Waals surface area contributed by atoms with E-state index in [4.69, 9.17) is 21.7 Å². The predicted octanol–water partition coefficient (Wildman–Crippen LogP) is 3.69. The van der Waals surface area contributed by atoms with E-state index in [-0.39, 0.29) is 10.7 Å². The number of amides is 2. The fourth-order valence-corrected chi connectivity index (χ4v) is 3.52. The summed E-state index contributed by atoms with van der Waals surface area (Å²) < 4.78 is 11.5. The monoisotopic (exact) mass is 460 g/mol. The van der Waals surface area contributed by atoms with Crippen LogP contribution < -0.4 is 19.7 Å². The summed E-state index contributed by atoms with van der Waals surface area (Å²) in [6, 6.07) is 12.3. The predicted molar refractivity (Wildman–Crippen MR) is 115 cm³/mol. The van der Waals surface area contributed by atoms with E-state index in [1.807, 2.05) is 6.92 Å². The van der Waals surface area contributed by atoms with Gasteiger partial charge in [-0.05, 0) is 71.0 Å². The number of anilines is 1. The molecule has 0 bridgehead atoms. The van der Waals surface area contributed by atoms with Crippen LogP contribution in [0.2, 0.25) is 0 Å². The largest absolute Gasteiger partial charge is 0.495 e. The highest BCUT2D eigenvalue weighted by atomic mass is 79.9. The number of hydrogen-bond donors (Lipinski definition) is 1. The molecule has 0 atom stereocenters. The quantitative estimate of drug-likeness (QED) is 0.418. The number of nitrogens with zero attached hydrogens (tertiary/aromatic N) is 1. The Balaban J connectivity index is 2.00. The Morgan fingerprint density at radius 3 is 2.61 bits per heavy atom. The molecule has 1 aliphatic rings. The molecule has 8 heteroatoms. The van der Waals surface area contributed by atoms with Gasteiger partial charge in [-0.15, -0.1) is 0 Å². The molecule has 1 heterocycles. The highest BCUT2D eigenvalue weighted by molar-refractivity contribution is 9.10. The number of hydrogen-bond acceptors (Lipinski definition) is 5. The van der Waals surface area contributed by atoms with Gasteiger partial charge in [0.15, 0.2) is 5.11 Å². The number of nitrogens with one attached hydrogen (secondary N) is 1. The van der Waals surface area contributed by atoms with Crippen LogP contribution in [0.25, 0.3) is 6.08 Å². The van der Waals surface area contributed by atoms with E-state index in [9.17, 15) is 9.59 Å². The van der Waals surface area contributed by atoms with E-state index in [0.29, 0.717) is 29.4 Å². The molecule has 0 radical (unpaired) electrons. The SMILES string of the molecule is CCOc1ccc(/C=C2\C(=O)NC(=S)N(c3ccccc3OC)C2=O)cc1Br. The molecule has 0 aromatic heterocycles. The second-order valence-corrected chi connectivity index (χ2v) is 6.99. The zero-order valence-corrected chi connectivity index (χ0v) is 17.6. The molecule has 1 saturated heterocycles. The van der Waals surface area contributed by atoms with Gasteiger partial charge in [0.2, 0.25) is 0 Å². The van der Waals surface area contributed by atoms with Gasteiger partial charge in [0.05, 0.1) is 23.9 Å². The first-order valence-electron chi connectivity index (χ1n) is 8.43. The lowest BCUT2D eigenvalue weighted by atomic mass is 10.1. The number of thiocarbonyl (C=S) groups is 1. The summed E-state index contributed by atoms with van der Waals surface area (Å²) in [5, 5.41) is 2.57. The molecule has 2 aromatic rings. The van der Waals surface area contributed by atoms with Crippen molar-refractivity contribution in [2.24, 2.45) is 0 Å². The molecular weight excluding hydrogens is 444 g/mol. The standard InChI is InChI=1S/C20H17BrN2O4S/c1-3-27-16-9-8-12(11-14(16)21)10-13-18(24)22-20(28)23(19(13)25)15-6-4-5-7-17(15)26-2/h4-11H,3H2,1-2H3,(H,22,24,28)/b13-10+. The third-order valence-electron chi connectivity index (χ3n) is 3.99. The summed E-state index contributed by atoms with van der Waals surface area (Å²) in [5.74, 6) is 0.0767. The molecule has 1 aliphatic heterocycles. The summed E-state index contributed by atoms with van der Waals surface area (Å²) in [6.07, 6.45) is 1.52. The van der Waals surface area contributed by atoms with E-state index in [1.54, 1.807) is 42.5 Å². The minimum absolute atomic E-state index is 0.00419. The van der Waals surface area contributed by atoms with E-state index < -0.39 is 11.8 Å². The van der Waals surface area contributed by atoms with Crippen LogP contribution in [0.3, 0.4) is 0 Å². The number of rotatable bonds is 5. The molecule has 2 amide bonds. The zero-order valence-electron chi connectivity index (χ0n) is 15.2. The van der Waals surface area contributed by atoms with Gasteiger partial charge in [-0.3, -0.25) is 14.9 Å². The number of carbonyl (C=O) groups excluding carboxylic acids is 2. The van der Waals surface area contributed by atoms with Crippen molar-refractivity contribution < 1.29 is 19.1 Å². The van der Waals surface area contributed by atoms with Gasteiger partial charge in [0, 0.05) is 0 Å². The molecule has 0 spiro atoms. The van der Waals surface area contributed by atoms with Gasteiger partial charge < -0.3 is 9.47 Å². The van der Waals surface area contributed by atoms with E-state index >= 15 is 0 Å². The fraction of sp³-hybridized carbons (Fsp3) is 0.150. The van der Waals surface area contributed by atoms with Crippen molar-refractivity contribution in [3.05, 3.63) is 58.1 Å². The van der Waals surface area contributed by atoms with E-state index in [0.717, 1.165) is 4.47 Å². The Morgan fingerprint density at radius 1 is 1.18 bits per heavy atom. The van der Waals surface area contributed by atoms with Gasteiger partial charge in [0.25, 0.3) is 11.8 Å². The van der Waals surface area contributed by atoms with Crippen LogP contribution in [-0.4, -0.2) is 30.6 Å². The highest BCUT2D eigenvalue weighted by Crippen LogP contribution is 2.31. The van der Waals surface area contributed by atoms with Crippen LogP contribution >= 0.6 is 28.1 Å². The lowest BCUT2D eigenvalue weighted by molar-refractivity contribution is -0.122. The lowest BCUT2D eigenvalue weighted by Gasteiger charge is -2.29. The van der Waals surface area contributed by atoms with E-state index in [2.05, 4.69) is 21.2 Å². The van der Waals surface area contributed by atoms with Crippen molar-refractivity contribution in [1.82, 2.24) is 5.32 Å². The third kappa shape index (κ3) is 3.93. The van der Waals surface area contributed by atoms with Crippen LogP contribution in [0, 0.1) is 0 Å². The fourth-order valence-electron chi connectivity index (χ4n) is 2.74. The maximum atomic E-state index is 13.1. The van der Waals surface area contributed by atoms with Crippen molar-refractivity contribution in [3.63, 3.8) is 0 Å². The Morgan fingerprint density at radius 2 is 1.93 bits per heavy atom. The minimum Gasteiger partial charge on any atom is -0.495 e. The first kappa shape index (κ1) is 20.0. The second kappa shape index (κ2) is 8.53. The summed E-state index contributed by atoms with van der Waals surface area (Å²) in [5.41, 5.74) is 1.09. The zero-order chi connectivity index (χ0) is 20.3. The molecule has 144 valence electrons. The summed E-state index contributed by atoms with van der Waals surface area (Å²) in [6.45, 7) is 2.42. The third-order valence-corrected chi connectivity index (χ3v) is 4.90. The molecule has 0 unspecified atom stereocenters. The smallest absolute Gasteiger partial charge is 0.270 e. The van der Waals surface area contributed by atoms with Crippen molar-refractivity contribution >= 4 is 56.8 Å². The second-order valence-electron chi connectivity index (χ2n) is 5.75. The minimum atomic E-state index is -0.550. The van der Waals surface area contributed by atoms with Crippen molar-refractivity contribution in [1.29, 1.82) is 0 Å². The van der Waals surface area contributed by atoms with Gasteiger partial charge in [0.1, 0.15) is 17.1 Å². The van der Waals surface area contributed by atoms with Gasteiger partial charge in [-0.2, -0.15) is 0 Å².